The Hall–Kier alpha value is -1.95. The fourth-order valence-corrected chi connectivity index (χ4v) is 3.61. The number of halogens is 1. The zero-order valence-corrected chi connectivity index (χ0v) is 13.2. The number of amides is 1. The topological polar surface area (TPSA) is 49.9 Å². The Balaban J connectivity index is 1.59. The molecule has 0 radical (unpaired) electrons. The largest absolute Gasteiger partial charge is 0.456 e. The zero-order valence-electron chi connectivity index (χ0n) is 13.2. The number of likely N-dealkylation sites (tertiary alicyclic amines) is 1. The number of piperazine rings is 1. The predicted octanol–water partition coefficient (Wildman–Crippen LogP) is 1.56. The van der Waals surface area contributed by atoms with Gasteiger partial charge >= 0.3 is 5.97 Å². The number of rotatable bonds is 4. The summed E-state index contributed by atoms with van der Waals surface area (Å²) < 4.78 is 17.8. The van der Waals surface area contributed by atoms with Gasteiger partial charge in [-0.05, 0) is 30.5 Å². The molecule has 1 amide bonds. The summed E-state index contributed by atoms with van der Waals surface area (Å²) in [5.74, 6) is -0.760. The number of carbonyl (C=O) groups excluding carboxylic acids is 2. The standard InChI is InChI=1S/C17H21FN2O3/c1-12(21)23-11-17(22)20-15-6-7-16(20)10-19(9-15)8-13-2-4-14(18)5-3-13/h2-5,15-16H,6-11H2,1H3. The lowest BCUT2D eigenvalue weighted by molar-refractivity contribution is -0.153. The monoisotopic (exact) mass is 320 g/mol. The third-order valence-electron chi connectivity index (χ3n) is 4.56. The third-order valence-corrected chi connectivity index (χ3v) is 4.56. The van der Waals surface area contributed by atoms with Gasteiger partial charge < -0.3 is 9.64 Å². The molecule has 2 bridgehead atoms. The highest BCUT2D eigenvalue weighted by Gasteiger charge is 2.42. The molecule has 2 aliphatic rings. The van der Waals surface area contributed by atoms with Gasteiger partial charge in [0, 0.05) is 38.6 Å². The first kappa shape index (κ1) is 15.9. The molecule has 0 N–H and O–H groups in total. The lowest BCUT2D eigenvalue weighted by atomic mass is 10.1. The molecule has 2 aliphatic heterocycles. The van der Waals surface area contributed by atoms with Gasteiger partial charge in [0.1, 0.15) is 5.82 Å². The highest BCUT2D eigenvalue weighted by atomic mass is 19.1. The Labute approximate surface area is 135 Å². The second-order valence-electron chi connectivity index (χ2n) is 6.29. The summed E-state index contributed by atoms with van der Waals surface area (Å²) in [6.07, 6.45) is 1.97. The van der Waals surface area contributed by atoms with E-state index in [4.69, 9.17) is 4.74 Å². The number of esters is 1. The maximum Gasteiger partial charge on any atom is 0.303 e. The van der Waals surface area contributed by atoms with Crippen molar-refractivity contribution in [3.8, 4) is 0 Å². The van der Waals surface area contributed by atoms with Gasteiger partial charge in [-0.25, -0.2) is 4.39 Å². The molecular weight excluding hydrogens is 299 g/mol. The number of benzene rings is 1. The fourth-order valence-electron chi connectivity index (χ4n) is 3.61. The molecule has 2 fully saturated rings. The van der Waals surface area contributed by atoms with E-state index in [1.54, 1.807) is 12.1 Å². The van der Waals surface area contributed by atoms with Crippen LogP contribution in [0.3, 0.4) is 0 Å². The lowest BCUT2D eigenvalue weighted by Gasteiger charge is -2.41. The van der Waals surface area contributed by atoms with Crippen molar-refractivity contribution in [2.75, 3.05) is 19.7 Å². The van der Waals surface area contributed by atoms with E-state index < -0.39 is 5.97 Å². The van der Waals surface area contributed by atoms with E-state index in [-0.39, 0.29) is 30.4 Å². The number of carbonyl (C=O) groups is 2. The van der Waals surface area contributed by atoms with Gasteiger partial charge in [-0.1, -0.05) is 12.1 Å². The van der Waals surface area contributed by atoms with E-state index in [2.05, 4.69) is 4.90 Å². The van der Waals surface area contributed by atoms with E-state index in [0.717, 1.165) is 38.0 Å². The highest BCUT2D eigenvalue weighted by molar-refractivity contribution is 5.81. The number of fused-ring (bicyclic) bond motifs is 2. The van der Waals surface area contributed by atoms with Crippen LogP contribution in [0.2, 0.25) is 0 Å². The van der Waals surface area contributed by atoms with E-state index in [0.29, 0.717) is 0 Å². The number of ether oxygens (including phenoxy) is 1. The molecule has 0 aromatic heterocycles. The van der Waals surface area contributed by atoms with Gasteiger partial charge in [0.2, 0.25) is 0 Å². The Bertz CT molecular complexity index is 576. The number of hydrogen-bond donors (Lipinski definition) is 0. The lowest BCUT2D eigenvalue weighted by Crippen LogP contribution is -2.56. The molecular formula is C17H21FN2O3. The van der Waals surface area contributed by atoms with Crippen molar-refractivity contribution < 1.29 is 18.7 Å². The Morgan fingerprint density at radius 1 is 1.17 bits per heavy atom. The van der Waals surface area contributed by atoms with Crippen LogP contribution < -0.4 is 0 Å². The molecule has 1 aromatic rings. The molecule has 2 saturated heterocycles. The highest BCUT2D eigenvalue weighted by Crippen LogP contribution is 2.31. The summed E-state index contributed by atoms with van der Waals surface area (Å²) in [5.41, 5.74) is 1.07. The average molecular weight is 320 g/mol. The SMILES string of the molecule is CC(=O)OCC(=O)N1C2CCC1CN(Cc1ccc(F)cc1)C2. The van der Waals surface area contributed by atoms with Gasteiger partial charge in [0.05, 0.1) is 0 Å². The average Bonchev–Trinajstić information content (AvgIpc) is 2.78. The molecule has 2 unspecified atom stereocenters. The molecule has 1 aromatic carbocycles. The molecule has 0 spiro atoms. The second kappa shape index (κ2) is 6.66. The van der Waals surface area contributed by atoms with Crippen LogP contribution in [0.1, 0.15) is 25.3 Å². The molecule has 2 heterocycles. The zero-order chi connectivity index (χ0) is 16.4. The van der Waals surface area contributed by atoms with Crippen molar-refractivity contribution in [2.45, 2.75) is 38.4 Å². The predicted molar refractivity (Wildman–Crippen MR) is 82.0 cm³/mol. The van der Waals surface area contributed by atoms with Crippen LogP contribution in [-0.2, 0) is 20.9 Å². The number of hydrogen-bond acceptors (Lipinski definition) is 4. The van der Waals surface area contributed by atoms with Crippen LogP contribution in [0, 0.1) is 5.82 Å². The van der Waals surface area contributed by atoms with Crippen LogP contribution in [0.25, 0.3) is 0 Å². The summed E-state index contributed by atoms with van der Waals surface area (Å²) in [6, 6.07) is 6.91. The smallest absolute Gasteiger partial charge is 0.303 e. The molecule has 6 heteroatoms. The van der Waals surface area contributed by atoms with Gasteiger partial charge in [-0.2, -0.15) is 0 Å². The summed E-state index contributed by atoms with van der Waals surface area (Å²) in [4.78, 5) is 27.3. The summed E-state index contributed by atoms with van der Waals surface area (Å²) in [7, 11) is 0. The quantitative estimate of drug-likeness (QED) is 0.790. The van der Waals surface area contributed by atoms with Crippen molar-refractivity contribution in [3.63, 3.8) is 0 Å². The Kier molecular flexibility index (Phi) is 4.61. The van der Waals surface area contributed by atoms with E-state index in [1.807, 2.05) is 4.90 Å². The van der Waals surface area contributed by atoms with Gasteiger partial charge in [-0.15, -0.1) is 0 Å². The molecule has 5 nitrogen and oxygen atoms in total. The maximum atomic E-state index is 13.0. The van der Waals surface area contributed by atoms with Crippen molar-refractivity contribution >= 4 is 11.9 Å². The first-order valence-electron chi connectivity index (χ1n) is 7.94. The van der Waals surface area contributed by atoms with Crippen LogP contribution in [0.4, 0.5) is 4.39 Å². The second-order valence-corrected chi connectivity index (χ2v) is 6.29. The molecule has 3 rings (SSSR count). The maximum absolute atomic E-state index is 13.0. The first-order chi connectivity index (χ1) is 11.0. The number of nitrogens with zero attached hydrogens (tertiary/aromatic N) is 2. The Morgan fingerprint density at radius 2 is 1.78 bits per heavy atom. The van der Waals surface area contributed by atoms with Crippen molar-refractivity contribution in [1.29, 1.82) is 0 Å². The van der Waals surface area contributed by atoms with Crippen LogP contribution in [-0.4, -0.2) is 53.5 Å². The van der Waals surface area contributed by atoms with Gasteiger partial charge in [0.15, 0.2) is 6.61 Å². The molecule has 2 atom stereocenters. The van der Waals surface area contributed by atoms with Crippen molar-refractivity contribution in [2.24, 2.45) is 0 Å². The summed E-state index contributed by atoms with van der Waals surface area (Å²) in [6.45, 7) is 3.52. The third kappa shape index (κ3) is 3.69. The fraction of sp³-hybridized carbons (Fsp3) is 0.529. The van der Waals surface area contributed by atoms with Gasteiger partial charge in [0.25, 0.3) is 5.91 Å². The minimum Gasteiger partial charge on any atom is -0.456 e. The summed E-state index contributed by atoms with van der Waals surface area (Å²) >= 11 is 0. The minimum absolute atomic E-state index is 0.103. The van der Waals surface area contributed by atoms with Gasteiger partial charge in [-0.3, -0.25) is 14.5 Å². The Morgan fingerprint density at radius 3 is 2.35 bits per heavy atom. The van der Waals surface area contributed by atoms with Crippen LogP contribution >= 0.6 is 0 Å². The van der Waals surface area contributed by atoms with Crippen molar-refractivity contribution in [1.82, 2.24) is 9.80 Å². The van der Waals surface area contributed by atoms with E-state index in [1.165, 1.54) is 19.1 Å². The normalized spacial score (nSPS) is 23.8. The van der Waals surface area contributed by atoms with E-state index >= 15 is 0 Å². The molecule has 23 heavy (non-hydrogen) atoms. The van der Waals surface area contributed by atoms with Crippen LogP contribution in [0.15, 0.2) is 24.3 Å². The van der Waals surface area contributed by atoms with Crippen LogP contribution in [0.5, 0.6) is 0 Å². The molecule has 124 valence electrons. The van der Waals surface area contributed by atoms with E-state index in [9.17, 15) is 14.0 Å². The van der Waals surface area contributed by atoms with Crippen molar-refractivity contribution in [3.05, 3.63) is 35.6 Å². The summed E-state index contributed by atoms with van der Waals surface area (Å²) in [5, 5.41) is 0. The minimum atomic E-state index is -0.430. The molecule has 0 aliphatic carbocycles. The molecule has 0 saturated carbocycles. The first-order valence-corrected chi connectivity index (χ1v) is 7.94.